The van der Waals surface area contributed by atoms with Crippen molar-refractivity contribution < 1.29 is 33.3 Å². The summed E-state index contributed by atoms with van der Waals surface area (Å²) in [6.45, 7) is -0.419. The Morgan fingerprint density at radius 2 is 1.70 bits per heavy atom. The van der Waals surface area contributed by atoms with E-state index in [9.17, 15) is 14.4 Å². The number of methoxy groups -OCH3 is 3. The molecule has 10 nitrogen and oxygen atoms in total. The van der Waals surface area contributed by atoms with Crippen molar-refractivity contribution in [3.63, 3.8) is 0 Å². The second-order valence-electron chi connectivity index (χ2n) is 6.55. The number of para-hydroxylation sites is 1. The van der Waals surface area contributed by atoms with Crippen molar-refractivity contribution in [1.82, 2.24) is 9.78 Å². The SMILES string of the molecule is COC(=O)c1c(-c2cc(Cl)c(OCC(N)=O)c(OC)c2)nn(-c2ccccc2)c1C(=O)OC. The summed E-state index contributed by atoms with van der Waals surface area (Å²) in [6.07, 6.45) is 0. The average molecular weight is 474 g/mol. The van der Waals surface area contributed by atoms with Crippen molar-refractivity contribution in [2.45, 2.75) is 0 Å². The molecular weight excluding hydrogens is 454 g/mol. The van der Waals surface area contributed by atoms with Crippen molar-refractivity contribution in [1.29, 1.82) is 0 Å². The van der Waals surface area contributed by atoms with E-state index in [1.807, 2.05) is 0 Å². The lowest BCUT2D eigenvalue weighted by molar-refractivity contribution is -0.119. The number of nitrogens with two attached hydrogens (primary N) is 1. The molecular formula is C22H20ClN3O7. The van der Waals surface area contributed by atoms with Gasteiger partial charge in [-0.2, -0.15) is 5.10 Å². The van der Waals surface area contributed by atoms with Crippen molar-refractivity contribution in [3.8, 4) is 28.4 Å². The predicted octanol–water partition coefficient (Wildman–Crippen LogP) is 2.64. The van der Waals surface area contributed by atoms with Gasteiger partial charge in [-0.1, -0.05) is 29.8 Å². The number of nitrogens with zero attached hydrogens (tertiary/aromatic N) is 2. The molecule has 3 rings (SSSR count). The maximum atomic E-state index is 12.8. The van der Waals surface area contributed by atoms with E-state index in [4.69, 9.17) is 36.3 Å². The van der Waals surface area contributed by atoms with E-state index in [0.29, 0.717) is 11.3 Å². The quantitative estimate of drug-likeness (QED) is 0.494. The standard InChI is InChI=1S/C22H20ClN3O7/c1-30-15-10-12(9-14(23)20(15)33-11-16(24)27)18-17(21(28)31-2)19(22(29)32-3)26(25-18)13-7-5-4-6-8-13/h4-10H,11H2,1-3H3,(H2,24,27). The van der Waals surface area contributed by atoms with Crippen LogP contribution in [-0.2, 0) is 14.3 Å². The third-order valence-electron chi connectivity index (χ3n) is 4.52. The van der Waals surface area contributed by atoms with Gasteiger partial charge in [-0.15, -0.1) is 0 Å². The third kappa shape index (κ3) is 4.75. The topological polar surface area (TPSA) is 132 Å². The van der Waals surface area contributed by atoms with Crippen LogP contribution in [0.1, 0.15) is 20.8 Å². The first kappa shape index (κ1) is 23.6. The highest BCUT2D eigenvalue weighted by atomic mass is 35.5. The minimum absolute atomic E-state index is 0.0651. The molecule has 1 amide bonds. The molecule has 3 aromatic rings. The Morgan fingerprint density at radius 1 is 1.03 bits per heavy atom. The van der Waals surface area contributed by atoms with Crippen molar-refractivity contribution in [2.75, 3.05) is 27.9 Å². The molecule has 0 aliphatic rings. The summed E-state index contributed by atoms with van der Waals surface area (Å²) in [4.78, 5) is 36.5. The molecule has 0 saturated carbocycles. The zero-order valence-electron chi connectivity index (χ0n) is 18.0. The van der Waals surface area contributed by atoms with Crippen LogP contribution in [0.4, 0.5) is 0 Å². The maximum Gasteiger partial charge on any atom is 0.357 e. The smallest absolute Gasteiger partial charge is 0.357 e. The van der Waals surface area contributed by atoms with Gasteiger partial charge < -0.3 is 24.7 Å². The molecule has 2 N–H and O–H groups in total. The van der Waals surface area contributed by atoms with Gasteiger partial charge in [0.05, 0.1) is 32.0 Å². The zero-order valence-corrected chi connectivity index (χ0v) is 18.7. The van der Waals surface area contributed by atoms with Crippen LogP contribution in [0.2, 0.25) is 5.02 Å². The molecule has 0 atom stereocenters. The van der Waals surface area contributed by atoms with Crippen LogP contribution in [0, 0.1) is 0 Å². The molecule has 1 heterocycles. The lowest BCUT2D eigenvalue weighted by atomic mass is 10.0. The van der Waals surface area contributed by atoms with Gasteiger partial charge >= 0.3 is 11.9 Å². The van der Waals surface area contributed by atoms with E-state index >= 15 is 0 Å². The molecule has 33 heavy (non-hydrogen) atoms. The number of ether oxygens (including phenoxy) is 4. The van der Waals surface area contributed by atoms with Gasteiger partial charge in [0.2, 0.25) is 0 Å². The van der Waals surface area contributed by atoms with E-state index in [1.54, 1.807) is 30.3 Å². The van der Waals surface area contributed by atoms with E-state index in [1.165, 1.54) is 38.1 Å². The number of hydrogen-bond donors (Lipinski definition) is 1. The van der Waals surface area contributed by atoms with Gasteiger partial charge in [-0.25, -0.2) is 14.3 Å². The lowest BCUT2D eigenvalue weighted by Gasteiger charge is -2.13. The summed E-state index contributed by atoms with van der Waals surface area (Å²) in [7, 11) is 3.74. The van der Waals surface area contributed by atoms with Gasteiger partial charge in [0.25, 0.3) is 5.91 Å². The maximum absolute atomic E-state index is 12.8. The number of carbonyl (C=O) groups is 3. The van der Waals surface area contributed by atoms with Crippen LogP contribution in [0.5, 0.6) is 11.5 Å². The molecule has 0 fully saturated rings. The number of aromatic nitrogens is 2. The van der Waals surface area contributed by atoms with Gasteiger partial charge in [-0.05, 0) is 24.3 Å². The summed E-state index contributed by atoms with van der Waals surface area (Å²) in [5.74, 6) is -2.07. The minimum Gasteiger partial charge on any atom is -0.493 e. The predicted molar refractivity (Wildman–Crippen MR) is 118 cm³/mol. The summed E-state index contributed by atoms with van der Waals surface area (Å²) in [6, 6.07) is 11.7. The van der Waals surface area contributed by atoms with Gasteiger partial charge in [0.1, 0.15) is 11.3 Å². The lowest BCUT2D eigenvalue weighted by Crippen LogP contribution is -2.20. The second kappa shape index (κ2) is 10.0. The number of primary amides is 1. The van der Waals surface area contributed by atoms with Crippen molar-refractivity contribution >= 4 is 29.4 Å². The number of carbonyl (C=O) groups excluding carboxylic acids is 3. The normalized spacial score (nSPS) is 10.4. The van der Waals surface area contributed by atoms with E-state index in [-0.39, 0.29) is 33.5 Å². The Balaban J connectivity index is 2.29. The fraction of sp³-hybridized carbons (Fsp3) is 0.182. The van der Waals surface area contributed by atoms with Crippen LogP contribution in [0.3, 0.4) is 0 Å². The molecule has 11 heteroatoms. The van der Waals surface area contributed by atoms with E-state index in [0.717, 1.165) is 0 Å². The molecule has 0 aliphatic carbocycles. The Hall–Kier alpha value is -4.05. The Bertz CT molecular complexity index is 1210. The zero-order chi connectivity index (χ0) is 24.1. The molecule has 0 bridgehead atoms. The van der Waals surface area contributed by atoms with E-state index < -0.39 is 24.5 Å². The Kier molecular flexibility index (Phi) is 7.19. The molecule has 0 unspecified atom stereocenters. The van der Waals surface area contributed by atoms with Crippen LogP contribution >= 0.6 is 11.6 Å². The van der Waals surface area contributed by atoms with Gasteiger partial charge in [-0.3, -0.25) is 4.79 Å². The first-order chi connectivity index (χ1) is 15.8. The number of rotatable bonds is 8. The minimum atomic E-state index is -0.809. The fourth-order valence-corrected chi connectivity index (χ4v) is 3.36. The number of benzene rings is 2. The summed E-state index contributed by atoms with van der Waals surface area (Å²) < 4.78 is 21.8. The van der Waals surface area contributed by atoms with Crippen molar-refractivity contribution in [2.24, 2.45) is 5.73 Å². The van der Waals surface area contributed by atoms with Crippen LogP contribution in [0.25, 0.3) is 16.9 Å². The Labute approximate surface area is 193 Å². The average Bonchev–Trinajstić information content (AvgIpc) is 3.23. The first-order valence-electron chi connectivity index (χ1n) is 9.46. The molecule has 0 radical (unpaired) electrons. The first-order valence-corrected chi connectivity index (χ1v) is 9.84. The molecule has 2 aromatic carbocycles. The van der Waals surface area contributed by atoms with Gasteiger partial charge in [0, 0.05) is 5.56 Å². The number of esters is 2. The number of halogens is 1. The molecule has 0 aliphatic heterocycles. The monoisotopic (exact) mass is 473 g/mol. The van der Waals surface area contributed by atoms with Crippen molar-refractivity contribution in [3.05, 3.63) is 58.7 Å². The summed E-state index contributed by atoms with van der Waals surface area (Å²) in [5.41, 5.74) is 5.80. The second-order valence-corrected chi connectivity index (χ2v) is 6.95. The fourth-order valence-electron chi connectivity index (χ4n) is 3.10. The van der Waals surface area contributed by atoms with Crippen LogP contribution < -0.4 is 15.2 Å². The summed E-state index contributed by atoms with van der Waals surface area (Å²) in [5, 5.41) is 4.56. The highest BCUT2D eigenvalue weighted by Gasteiger charge is 2.32. The van der Waals surface area contributed by atoms with Crippen LogP contribution in [0.15, 0.2) is 42.5 Å². The molecule has 0 saturated heterocycles. The summed E-state index contributed by atoms with van der Waals surface area (Å²) >= 11 is 6.37. The largest absolute Gasteiger partial charge is 0.493 e. The molecule has 1 aromatic heterocycles. The highest BCUT2D eigenvalue weighted by molar-refractivity contribution is 6.32. The third-order valence-corrected chi connectivity index (χ3v) is 4.80. The molecule has 0 spiro atoms. The van der Waals surface area contributed by atoms with Crippen LogP contribution in [-0.4, -0.2) is 55.6 Å². The Morgan fingerprint density at radius 3 is 2.27 bits per heavy atom. The number of hydrogen-bond acceptors (Lipinski definition) is 8. The molecule has 172 valence electrons. The number of amides is 1. The highest BCUT2D eigenvalue weighted by Crippen LogP contribution is 2.41. The van der Waals surface area contributed by atoms with E-state index in [2.05, 4.69) is 5.10 Å². The van der Waals surface area contributed by atoms with Gasteiger partial charge in [0.15, 0.2) is 23.8 Å².